The summed E-state index contributed by atoms with van der Waals surface area (Å²) in [5.74, 6) is -8.69. The molecule has 6 N–H and O–H groups in total. The van der Waals surface area contributed by atoms with Gasteiger partial charge >= 0.3 is 0 Å². The van der Waals surface area contributed by atoms with E-state index in [1.54, 1.807) is 74.6 Å². The number of aromatic nitrogens is 1. The molecule has 0 aromatic carbocycles. The Bertz CT molecular complexity index is 2650. The standard InChI is InChI=1S/C64H107N13O13S2/c1-18-20-27-43(9)57(83)56-58(84)70-45(19-2)60(86)73(13)39-54(82)71(11)38-52(81)69-46(28-22-21-24-31-65-49(78)29-26-33-91-92-53-30-23-25-32-66-53)61(87)72(12)37-51(80)67-36-50(79)68-44(10)59(85)74(14)47(34-40(3)4)62(88)75(15)48(35-41(5)6)63(89)76(16)55(42(7)8)64(90)77(56)17/h18,20,23,25,30,32,40-48,55-57,83H,19,21-22,24,26-29,31,33-39H2,1-17H3,(H,65,78)(H,67,80)(H,68,79)(H,69,81)(H,70,84)/b20-18+/t43-,44-,45+,46+,47+,48+,55+,56+,57-/m1/s1. The Morgan fingerprint density at radius 2 is 1.24 bits per heavy atom. The molecule has 2 heterocycles. The summed E-state index contributed by atoms with van der Waals surface area (Å²) in [7, 11) is 12.8. The van der Waals surface area contributed by atoms with Gasteiger partial charge in [0.1, 0.15) is 47.3 Å². The van der Waals surface area contributed by atoms with E-state index in [0.717, 1.165) is 30.4 Å². The number of rotatable bonds is 22. The van der Waals surface area contributed by atoms with Gasteiger partial charge in [0.05, 0.1) is 32.3 Å². The van der Waals surface area contributed by atoms with Crippen molar-refractivity contribution in [3.05, 3.63) is 36.5 Å². The Kier molecular flexibility index (Phi) is 36.2. The molecule has 0 aliphatic carbocycles. The number of nitrogens with one attached hydrogen (secondary N) is 5. The fraction of sp³-hybridized carbons (Fsp3) is 0.703. The molecule has 518 valence electrons. The summed E-state index contributed by atoms with van der Waals surface area (Å²) in [6.07, 6.45) is 6.97. The number of unbranched alkanes of at least 4 members (excludes halogenated alkanes) is 2. The van der Waals surface area contributed by atoms with Gasteiger partial charge in [0.15, 0.2) is 0 Å². The molecule has 9 atom stereocenters. The fourth-order valence-corrected chi connectivity index (χ4v) is 12.5. The van der Waals surface area contributed by atoms with Crippen LogP contribution in [0.15, 0.2) is 41.6 Å². The molecule has 0 unspecified atom stereocenters. The molecule has 2 rings (SSSR count). The van der Waals surface area contributed by atoms with E-state index in [-0.39, 0.29) is 43.4 Å². The molecule has 1 fully saturated rings. The van der Waals surface area contributed by atoms with Gasteiger partial charge in [-0.2, -0.15) is 0 Å². The number of likely N-dealkylation sites (N-methyl/N-ethyl adjacent to an activating group) is 7. The summed E-state index contributed by atoms with van der Waals surface area (Å²) < 4.78 is 0. The first-order valence-corrected chi connectivity index (χ1v) is 34.2. The number of aliphatic hydroxyl groups excluding tert-OH is 1. The Labute approximate surface area is 553 Å². The maximum atomic E-state index is 15.1. The topological polar surface area (TPSA) is 321 Å². The lowest BCUT2D eigenvalue weighted by Crippen LogP contribution is -2.63. The van der Waals surface area contributed by atoms with E-state index in [0.29, 0.717) is 45.1 Å². The van der Waals surface area contributed by atoms with Gasteiger partial charge in [-0.1, -0.05) is 97.2 Å². The number of carbonyl (C=O) groups excluding carboxylic acids is 12. The summed E-state index contributed by atoms with van der Waals surface area (Å²) in [4.78, 5) is 181. The van der Waals surface area contributed by atoms with Crippen LogP contribution in [0.25, 0.3) is 0 Å². The molecule has 0 spiro atoms. The SMILES string of the molecule is C/C=C/C[C@@H](C)[C@@H](O)[C@H]1C(=O)N[C@@H](CC)C(=O)N(C)CC(=O)N(C)CC(=O)N[C@@H](CCCCCNC(=O)CCCSSc2ccccn2)C(=O)N(C)CC(=O)NCC(=O)N[C@H](C)C(=O)N(C)[C@@H](CC(C)C)C(=O)N(C)[C@@H](CC(C)C)C(=O)N(C)[C@@H](C(C)C)C(=O)N1C. The van der Waals surface area contributed by atoms with Gasteiger partial charge in [0.25, 0.3) is 0 Å². The van der Waals surface area contributed by atoms with Crippen LogP contribution < -0.4 is 26.6 Å². The second kappa shape index (κ2) is 41.0. The predicted molar refractivity (Wildman–Crippen MR) is 356 cm³/mol. The first-order valence-electron chi connectivity index (χ1n) is 31.9. The van der Waals surface area contributed by atoms with Crippen LogP contribution in [0.5, 0.6) is 0 Å². The molecule has 1 aromatic rings. The minimum absolute atomic E-state index is 0.00837. The molecule has 12 amide bonds. The highest BCUT2D eigenvalue weighted by molar-refractivity contribution is 8.76. The molecule has 1 aromatic heterocycles. The van der Waals surface area contributed by atoms with Crippen molar-refractivity contribution in [3.8, 4) is 0 Å². The molecule has 1 aliphatic heterocycles. The maximum Gasteiger partial charge on any atom is 0.246 e. The van der Waals surface area contributed by atoms with Crippen LogP contribution in [0.2, 0.25) is 0 Å². The van der Waals surface area contributed by atoms with E-state index < -0.39 is 151 Å². The first kappa shape index (κ1) is 81.3. The van der Waals surface area contributed by atoms with E-state index >= 15 is 9.59 Å². The predicted octanol–water partition coefficient (Wildman–Crippen LogP) is 2.69. The largest absolute Gasteiger partial charge is 0.390 e. The third kappa shape index (κ3) is 26.7. The van der Waals surface area contributed by atoms with E-state index in [1.807, 2.05) is 45.9 Å². The highest BCUT2D eigenvalue weighted by Crippen LogP contribution is 2.30. The van der Waals surface area contributed by atoms with Crippen molar-refractivity contribution in [2.45, 2.75) is 187 Å². The van der Waals surface area contributed by atoms with Crippen molar-refractivity contribution in [2.24, 2.45) is 23.7 Å². The monoisotopic (exact) mass is 1330 g/mol. The van der Waals surface area contributed by atoms with Crippen LogP contribution in [0.1, 0.15) is 133 Å². The first-order chi connectivity index (χ1) is 43.2. The third-order valence-electron chi connectivity index (χ3n) is 16.0. The minimum atomic E-state index is -1.62. The normalized spacial score (nSPS) is 23.0. The van der Waals surface area contributed by atoms with Gasteiger partial charge in [0.2, 0.25) is 70.9 Å². The van der Waals surface area contributed by atoms with E-state index in [1.165, 1.54) is 71.0 Å². The van der Waals surface area contributed by atoms with Gasteiger partial charge in [-0.3, -0.25) is 57.5 Å². The number of pyridine rings is 1. The Morgan fingerprint density at radius 3 is 1.82 bits per heavy atom. The summed E-state index contributed by atoms with van der Waals surface area (Å²) in [5, 5.41) is 26.3. The maximum absolute atomic E-state index is 15.1. The molecule has 0 saturated carbocycles. The lowest BCUT2D eigenvalue weighted by molar-refractivity contribution is -0.157. The van der Waals surface area contributed by atoms with Crippen molar-refractivity contribution in [1.29, 1.82) is 0 Å². The Morgan fingerprint density at radius 1 is 0.663 bits per heavy atom. The van der Waals surface area contributed by atoms with Crippen molar-refractivity contribution in [2.75, 3.05) is 87.8 Å². The van der Waals surface area contributed by atoms with Crippen molar-refractivity contribution in [3.63, 3.8) is 0 Å². The van der Waals surface area contributed by atoms with Gasteiger partial charge in [-0.25, -0.2) is 4.98 Å². The average Bonchev–Trinajstić information content (AvgIpc) is 1.29. The summed E-state index contributed by atoms with van der Waals surface area (Å²) in [6.45, 7) is 15.5. The van der Waals surface area contributed by atoms with Crippen LogP contribution in [-0.2, 0) is 57.5 Å². The zero-order chi connectivity index (χ0) is 69.7. The quantitative estimate of drug-likeness (QED) is 0.0552. The zero-order valence-electron chi connectivity index (χ0n) is 57.4. The third-order valence-corrected chi connectivity index (χ3v) is 18.3. The molecule has 28 heteroatoms. The van der Waals surface area contributed by atoms with Crippen LogP contribution in [0, 0.1) is 23.7 Å². The number of amides is 12. The zero-order valence-corrected chi connectivity index (χ0v) is 59.1. The molecule has 0 radical (unpaired) electrons. The average molecular weight is 1330 g/mol. The molecule has 26 nitrogen and oxygen atoms in total. The van der Waals surface area contributed by atoms with Crippen LogP contribution >= 0.6 is 21.6 Å². The van der Waals surface area contributed by atoms with Crippen LogP contribution in [-0.4, -0.2) is 251 Å². The molecular formula is C64H107N13O13S2. The second-order valence-corrected chi connectivity index (χ2v) is 27.6. The lowest BCUT2D eigenvalue weighted by atomic mass is 9.91. The highest BCUT2D eigenvalue weighted by Gasteiger charge is 2.45. The Balaban J connectivity index is 2.61. The Hall–Kier alpha value is -6.81. The number of aliphatic hydroxyl groups is 1. The lowest BCUT2D eigenvalue weighted by Gasteiger charge is -2.41. The van der Waals surface area contributed by atoms with E-state index in [4.69, 9.17) is 0 Å². The van der Waals surface area contributed by atoms with Crippen molar-refractivity contribution in [1.82, 2.24) is 65.9 Å². The second-order valence-electron chi connectivity index (χ2n) is 25.2. The number of hydrogen-bond acceptors (Lipinski definition) is 16. The summed E-state index contributed by atoms with van der Waals surface area (Å²) >= 11 is 0. The van der Waals surface area contributed by atoms with Crippen LogP contribution in [0.3, 0.4) is 0 Å². The fourth-order valence-electron chi connectivity index (χ4n) is 10.5. The van der Waals surface area contributed by atoms with Gasteiger partial charge < -0.3 is 66.0 Å². The highest BCUT2D eigenvalue weighted by atomic mass is 33.1. The van der Waals surface area contributed by atoms with Gasteiger partial charge in [0, 0.05) is 74.2 Å². The minimum Gasteiger partial charge on any atom is -0.390 e. The van der Waals surface area contributed by atoms with Crippen molar-refractivity contribution >= 4 is 92.5 Å². The number of nitrogens with zero attached hydrogens (tertiary/aromatic N) is 8. The summed E-state index contributed by atoms with van der Waals surface area (Å²) in [6, 6.07) is -3.22. The van der Waals surface area contributed by atoms with Gasteiger partial charge in [-0.15, -0.1) is 0 Å². The van der Waals surface area contributed by atoms with E-state index in [2.05, 4.69) is 31.6 Å². The smallest absolute Gasteiger partial charge is 0.246 e. The van der Waals surface area contributed by atoms with Crippen LogP contribution in [0.4, 0.5) is 0 Å². The van der Waals surface area contributed by atoms with E-state index in [9.17, 15) is 53.1 Å². The molecule has 0 bridgehead atoms. The summed E-state index contributed by atoms with van der Waals surface area (Å²) in [5.41, 5.74) is 0. The molecule has 92 heavy (non-hydrogen) atoms. The van der Waals surface area contributed by atoms with Gasteiger partial charge in [-0.05, 0) is 105 Å². The molecule has 1 saturated heterocycles. The number of allylic oxidation sites excluding steroid dienone is 2. The number of hydrogen-bond donors (Lipinski definition) is 6. The molecular weight excluding hydrogens is 1220 g/mol. The number of carbonyl (C=O) groups is 12. The van der Waals surface area contributed by atoms with Crippen molar-refractivity contribution < 1.29 is 62.6 Å². The molecule has 1 aliphatic rings.